The fourth-order valence-electron chi connectivity index (χ4n) is 2.80. The van der Waals surface area contributed by atoms with Crippen LogP contribution in [0.3, 0.4) is 0 Å². The van der Waals surface area contributed by atoms with Crippen molar-refractivity contribution in [2.24, 2.45) is 5.92 Å². The van der Waals surface area contributed by atoms with Crippen molar-refractivity contribution in [1.82, 2.24) is 0 Å². The molecule has 0 amide bonds. The predicted octanol–water partition coefficient (Wildman–Crippen LogP) is 4.79. The molecule has 102 valence electrons. The minimum absolute atomic E-state index is 0.0779. The number of rotatable bonds is 2. The Bertz CT molecular complexity index is 436. The van der Waals surface area contributed by atoms with E-state index in [1.165, 1.54) is 11.3 Å². The number of hydrogen-bond donors (Lipinski definition) is 1. The maximum absolute atomic E-state index is 10.6. The average molecular weight is 354 g/mol. The standard InChI is InChI=1S/C13H18BrClO2S/c1-12(2)6-7(13(3,4)17-12)10(16)9-5-8(14)11(15)18-9/h5,7,10,16H,6H2,1-4H3. The Morgan fingerprint density at radius 2 is 2.11 bits per heavy atom. The molecule has 0 spiro atoms. The van der Waals surface area contributed by atoms with Crippen molar-refractivity contribution in [3.63, 3.8) is 0 Å². The number of halogens is 2. The molecule has 0 saturated carbocycles. The predicted molar refractivity (Wildman–Crippen MR) is 79.3 cm³/mol. The highest BCUT2D eigenvalue weighted by molar-refractivity contribution is 9.10. The molecule has 2 unspecified atom stereocenters. The minimum Gasteiger partial charge on any atom is -0.387 e. The van der Waals surface area contributed by atoms with Crippen molar-refractivity contribution < 1.29 is 9.84 Å². The fourth-order valence-corrected chi connectivity index (χ4v) is 4.59. The summed E-state index contributed by atoms with van der Waals surface area (Å²) in [6, 6.07) is 1.90. The van der Waals surface area contributed by atoms with E-state index in [2.05, 4.69) is 29.8 Å². The summed E-state index contributed by atoms with van der Waals surface area (Å²) in [6.45, 7) is 8.22. The first-order chi connectivity index (χ1) is 8.12. The first-order valence-electron chi connectivity index (χ1n) is 5.95. The molecule has 0 aliphatic carbocycles. The molecule has 1 aliphatic heterocycles. The van der Waals surface area contributed by atoms with Gasteiger partial charge in [-0.05, 0) is 56.1 Å². The van der Waals surface area contributed by atoms with Crippen molar-refractivity contribution in [1.29, 1.82) is 0 Å². The molecule has 1 aromatic heterocycles. The van der Waals surface area contributed by atoms with Gasteiger partial charge in [0.2, 0.25) is 0 Å². The van der Waals surface area contributed by atoms with Gasteiger partial charge in [0.1, 0.15) is 4.34 Å². The van der Waals surface area contributed by atoms with E-state index < -0.39 is 6.10 Å². The fraction of sp³-hybridized carbons (Fsp3) is 0.692. The highest BCUT2D eigenvalue weighted by Crippen LogP contribution is 2.49. The molecule has 1 N–H and O–H groups in total. The Balaban J connectivity index is 2.26. The number of thiophene rings is 1. The molecule has 0 bridgehead atoms. The summed E-state index contributed by atoms with van der Waals surface area (Å²) in [7, 11) is 0. The first kappa shape index (κ1) is 14.8. The van der Waals surface area contributed by atoms with Crippen molar-refractivity contribution >= 4 is 38.9 Å². The van der Waals surface area contributed by atoms with Crippen LogP contribution in [0, 0.1) is 5.92 Å². The van der Waals surface area contributed by atoms with Gasteiger partial charge < -0.3 is 9.84 Å². The molecule has 5 heteroatoms. The number of ether oxygens (including phenoxy) is 1. The van der Waals surface area contributed by atoms with E-state index in [0.717, 1.165) is 15.8 Å². The van der Waals surface area contributed by atoms with Gasteiger partial charge in [-0.25, -0.2) is 0 Å². The summed E-state index contributed by atoms with van der Waals surface area (Å²) in [5.74, 6) is 0.0779. The molecule has 2 nitrogen and oxygen atoms in total. The summed E-state index contributed by atoms with van der Waals surface area (Å²) < 4.78 is 7.56. The second-order valence-corrected chi connectivity index (χ2v) is 8.53. The zero-order valence-corrected chi connectivity index (χ0v) is 14.1. The first-order valence-corrected chi connectivity index (χ1v) is 7.94. The summed E-state index contributed by atoms with van der Waals surface area (Å²) in [5, 5.41) is 10.6. The Kier molecular flexibility index (Phi) is 3.90. The third kappa shape index (κ3) is 2.78. The molecule has 1 fully saturated rings. The van der Waals surface area contributed by atoms with Crippen LogP contribution >= 0.6 is 38.9 Å². The highest BCUT2D eigenvalue weighted by Gasteiger charge is 2.49. The Hall–Kier alpha value is 0.390. The van der Waals surface area contributed by atoms with Crippen molar-refractivity contribution in [2.45, 2.75) is 51.4 Å². The van der Waals surface area contributed by atoms with Crippen molar-refractivity contribution in [3.05, 3.63) is 19.8 Å². The Morgan fingerprint density at radius 3 is 2.50 bits per heavy atom. The minimum atomic E-state index is -0.532. The maximum Gasteiger partial charge on any atom is 0.107 e. The van der Waals surface area contributed by atoms with Crippen LogP contribution in [0.25, 0.3) is 0 Å². The second-order valence-electron chi connectivity index (χ2n) is 5.99. The van der Waals surface area contributed by atoms with E-state index in [4.69, 9.17) is 16.3 Å². The van der Waals surface area contributed by atoms with E-state index in [1.54, 1.807) is 0 Å². The van der Waals surface area contributed by atoms with Crippen LogP contribution in [-0.2, 0) is 4.74 Å². The number of aliphatic hydroxyl groups excluding tert-OH is 1. The number of hydrogen-bond acceptors (Lipinski definition) is 3. The maximum atomic E-state index is 10.6. The third-order valence-electron chi connectivity index (χ3n) is 3.48. The summed E-state index contributed by atoms with van der Waals surface area (Å²) in [5.41, 5.74) is -0.515. The van der Waals surface area contributed by atoms with E-state index in [9.17, 15) is 5.11 Å². The van der Waals surface area contributed by atoms with Crippen molar-refractivity contribution in [3.8, 4) is 0 Å². The van der Waals surface area contributed by atoms with Crippen LogP contribution < -0.4 is 0 Å². The SMILES string of the molecule is CC1(C)CC(C(O)c2cc(Br)c(Cl)s2)C(C)(C)O1. The summed E-state index contributed by atoms with van der Waals surface area (Å²) in [6.07, 6.45) is 0.310. The van der Waals surface area contributed by atoms with Crippen LogP contribution in [-0.4, -0.2) is 16.3 Å². The lowest BCUT2D eigenvalue weighted by atomic mass is 9.82. The topological polar surface area (TPSA) is 29.5 Å². The van der Waals surface area contributed by atoms with Crippen LogP contribution in [0.1, 0.15) is 45.1 Å². The molecule has 0 radical (unpaired) electrons. The molecule has 2 atom stereocenters. The van der Waals surface area contributed by atoms with Crippen LogP contribution in [0.15, 0.2) is 10.5 Å². The molecule has 1 saturated heterocycles. The normalized spacial score (nSPS) is 27.4. The van der Waals surface area contributed by atoms with Gasteiger partial charge in [-0.15, -0.1) is 11.3 Å². The van der Waals surface area contributed by atoms with E-state index >= 15 is 0 Å². The van der Waals surface area contributed by atoms with Gasteiger partial charge in [-0.3, -0.25) is 0 Å². The zero-order valence-electron chi connectivity index (χ0n) is 11.0. The van der Waals surface area contributed by atoms with E-state index in [1.807, 2.05) is 19.9 Å². The highest BCUT2D eigenvalue weighted by atomic mass is 79.9. The van der Waals surface area contributed by atoms with Gasteiger partial charge in [0.25, 0.3) is 0 Å². The average Bonchev–Trinajstić information content (AvgIpc) is 2.63. The van der Waals surface area contributed by atoms with Crippen LogP contribution in [0.2, 0.25) is 4.34 Å². The zero-order chi connectivity index (χ0) is 13.7. The van der Waals surface area contributed by atoms with Gasteiger partial charge in [-0.1, -0.05) is 11.6 Å². The molecule has 2 heterocycles. The molecule has 1 aromatic rings. The Labute approximate surface area is 125 Å². The molecule has 1 aliphatic rings. The Morgan fingerprint density at radius 1 is 1.50 bits per heavy atom. The monoisotopic (exact) mass is 352 g/mol. The third-order valence-corrected chi connectivity index (χ3v) is 6.03. The number of aliphatic hydroxyl groups is 1. The molecule has 0 aromatic carbocycles. The van der Waals surface area contributed by atoms with Gasteiger partial charge in [0.05, 0.1) is 17.3 Å². The van der Waals surface area contributed by atoms with Gasteiger partial charge in [0, 0.05) is 15.3 Å². The molecule has 18 heavy (non-hydrogen) atoms. The van der Waals surface area contributed by atoms with Crippen molar-refractivity contribution in [2.75, 3.05) is 0 Å². The van der Waals surface area contributed by atoms with Gasteiger partial charge in [-0.2, -0.15) is 0 Å². The summed E-state index contributed by atoms with van der Waals surface area (Å²) >= 11 is 10.8. The molecular weight excluding hydrogens is 336 g/mol. The second kappa shape index (κ2) is 4.74. The lowest BCUT2D eigenvalue weighted by Crippen LogP contribution is -2.32. The summed E-state index contributed by atoms with van der Waals surface area (Å²) in [4.78, 5) is 0.895. The van der Waals surface area contributed by atoms with Gasteiger partial charge in [0.15, 0.2) is 0 Å². The van der Waals surface area contributed by atoms with Crippen LogP contribution in [0.4, 0.5) is 0 Å². The van der Waals surface area contributed by atoms with E-state index in [-0.39, 0.29) is 17.1 Å². The van der Waals surface area contributed by atoms with E-state index in [0.29, 0.717) is 4.34 Å². The quantitative estimate of drug-likeness (QED) is 0.828. The molecular formula is C13H18BrClO2S. The lowest BCUT2D eigenvalue weighted by molar-refractivity contribution is -0.0877. The molecule has 2 rings (SSSR count). The smallest absolute Gasteiger partial charge is 0.107 e. The van der Waals surface area contributed by atoms with Crippen LogP contribution in [0.5, 0.6) is 0 Å². The van der Waals surface area contributed by atoms with Gasteiger partial charge >= 0.3 is 0 Å². The lowest BCUT2D eigenvalue weighted by Gasteiger charge is -2.29. The largest absolute Gasteiger partial charge is 0.387 e.